The van der Waals surface area contributed by atoms with Gasteiger partial charge in [0.05, 0.1) is 30.2 Å². The first-order chi connectivity index (χ1) is 19.7. The summed E-state index contributed by atoms with van der Waals surface area (Å²) >= 11 is 5.86. The number of piperidine rings is 1. The van der Waals surface area contributed by atoms with Crippen molar-refractivity contribution in [2.75, 3.05) is 33.0 Å². The van der Waals surface area contributed by atoms with Crippen LogP contribution in [0.2, 0.25) is 5.02 Å². The Morgan fingerprint density at radius 1 is 1.07 bits per heavy atom. The third-order valence-corrected chi connectivity index (χ3v) is 9.88. The SMILES string of the molecule is CP(C)(=O)c1ccc2c(c1)nc(CN1CCC(c3cccc(OCc4ccc(Cl)cc4F)n3)CC1)n2C[C@@H]1CCO1. The maximum absolute atomic E-state index is 14.1. The monoisotopic (exact) mass is 596 g/mol. The summed E-state index contributed by atoms with van der Waals surface area (Å²) in [6.07, 6.45) is 3.24. The van der Waals surface area contributed by atoms with Gasteiger partial charge in [0.1, 0.15) is 25.4 Å². The maximum atomic E-state index is 14.1. The van der Waals surface area contributed by atoms with E-state index in [-0.39, 0.29) is 18.5 Å². The van der Waals surface area contributed by atoms with E-state index in [0.717, 1.165) is 79.9 Å². The van der Waals surface area contributed by atoms with Crippen molar-refractivity contribution in [1.82, 2.24) is 19.4 Å². The molecule has 6 rings (SSSR count). The first-order valence-corrected chi connectivity index (χ1v) is 17.1. The summed E-state index contributed by atoms with van der Waals surface area (Å²) in [4.78, 5) is 12.2. The van der Waals surface area contributed by atoms with Crippen molar-refractivity contribution >= 4 is 35.1 Å². The largest absolute Gasteiger partial charge is 0.473 e. The number of benzene rings is 2. The summed E-state index contributed by atoms with van der Waals surface area (Å²) < 4.78 is 40.7. The predicted molar refractivity (Wildman–Crippen MR) is 160 cm³/mol. The second-order valence-corrected chi connectivity index (χ2v) is 15.1. The molecular weight excluding hydrogens is 562 g/mol. The number of imidazole rings is 1. The standard InChI is InChI=1S/C31H35ClFN4O3P/c1-41(2,38)25-8-9-29-28(17-25)34-30(37(29)18-24-12-15-39-24)19-36-13-10-21(11-14-36)27-4-3-5-31(35-27)40-20-22-6-7-23(32)16-26(22)33/h3-9,16-17,21,24H,10-15,18-20H2,1-2H3/t24-/m0/s1. The van der Waals surface area contributed by atoms with Crippen molar-refractivity contribution < 1.29 is 18.4 Å². The molecule has 0 saturated carbocycles. The summed E-state index contributed by atoms with van der Waals surface area (Å²) in [5.74, 6) is 1.46. The molecular formula is C31H35ClFN4O3P. The van der Waals surface area contributed by atoms with Crippen LogP contribution in [0, 0.1) is 5.82 Å². The number of likely N-dealkylation sites (tertiary alicyclic amines) is 1. The summed E-state index contributed by atoms with van der Waals surface area (Å²) in [5, 5.41) is 1.22. The number of halogens is 2. The Bertz CT molecular complexity index is 1590. The molecule has 10 heteroatoms. The smallest absolute Gasteiger partial charge is 0.213 e. The highest BCUT2D eigenvalue weighted by molar-refractivity contribution is 7.70. The molecule has 2 fully saturated rings. The van der Waals surface area contributed by atoms with Crippen molar-refractivity contribution in [3.05, 3.63) is 82.5 Å². The molecule has 2 saturated heterocycles. The second kappa shape index (κ2) is 11.8. The number of ether oxygens (including phenoxy) is 2. The van der Waals surface area contributed by atoms with Gasteiger partial charge in [-0.3, -0.25) is 4.90 Å². The van der Waals surface area contributed by atoms with Gasteiger partial charge < -0.3 is 18.6 Å². The number of hydrogen-bond acceptors (Lipinski definition) is 6. The summed E-state index contributed by atoms with van der Waals surface area (Å²) in [6.45, 7) is 7.92. The van der Waals surface area contributed by atoms with E-state index in [0.29, 0.717) is 22.4 Å². The zero-order valence-electron chi connectivity index (χ0n) is 23.4. The highest BCUT2D eigenvalue weighted by Gasteiger charge is 2.26. The van der Waals surface area contributed by atoms with Crippen LogP contribution in [-0.2, 0) is 29.0 Å². The van der Waals surface area contributed by atoms with Crippen LogP contribution in [0.15, 0.2) is 54.6 Å². The fraction of sp³-hybridized carbons (Fsp3) is 0.419. The lowest BCUT2D eigenvalue weighted by atomic mass is 9.93. The average Bonchev–Trinajstić information content (AvgIpc) is 3.26. The third kappa shape index (κ3) is 6.51. The Balaban J connectivity index is 1.11. The van der Waals surface area contributed by atoms with Crippen LogP contribution in [-0.4, -0.2) is 58.6 Å². The van der Waals surface area contributed by atoms with Crippen molar-refractivity contribution in [1.29, 1.82) is 0 Å². The number of nitrogens with zero attached hydrogens (tertiary/aromatic N) is 4. The fourth-order valence-electron chi connectivity index (χ4n) is 5.58. The van der Waals surface area contributed by atoms with E-state index in [1.54, 1.807) is 25.5 Å². The van der Waals surface area contributed by atoms with E-state index in [9.17, 15) is 8.96 Å². The topological polar surface area (TPSA) is 69.5 Å². The van der Waals surface area contributed by atoms with E-state index in [2.05, 4.69) is 15.5 Å². The van der Waals surface area contributed by atoms with Crippen molar-refractivity contribution in [3.8, 4) is 5.88 Å². The molecule has 41 heavy (non-hydrogen) atoms. The van der Waals surface area contributed by atoms with Gasteiger partial charge in [0.25, 0.3) is 0 Å². The molecule has 4 heterocycles. The van der Waals surface area contributed by atoms with Gasteiger partial charge >= 0.3 is 0 Å². The van der Waals surface area contributed by atoms with Crippen molar-refractivity contribution in [3.63, 3.8) is 0 Å². The molecule has 0 radical (unpaired) electrons. The van der Waals surface area contributed by atoms with Crippen LogP contribution in [0.3, 0.4) is 0 Å². The molecule has 0 amide bonds. The van der Waals surface area contributed by atoms with Crippen LogP contribution in [0.5, 0.6) is 5.88 Å². The first-order valence-electron chi connectivity index (χ1n) is 14.2. The van der Waals surface area contributed by atoms with E-state index < -0.39 is 7.14 Å². The van der Waals surface area contributed by atoms with Gasteiger partial charge in [-0.25, -0.2) is 14.4 Å². The van der Waals surface area contributed by atoms with Gasteiger partial charge in [0, 0.05) is 40.2 Å². The van der Waals surface area contributed by atoms with Crippen LogP contribution in [0.25, 0.3) is 11.0 Å². The predicted octanol–water partition coefficient (Wildman–Crippen LogP) is 6.22. The van der Waals surface area contributed by atoms with Gasteiger partial charge in [0.15, 0.2) is 0 Å². The molecule has 0 bridgehead atoms. The highest BCUT2D eigenvalue weighted by Crippen LogP contribution is 2.36. The zero-order valence-corrected chi connectivity index (χ0v) is 25.1. The number of aromatic nitrogens is 3. The quantitative estimate of drug-likeness (QED) is 0.214. The van der Waals surface area contributed by atoms with Gasteiger partial charge in [-0.1, -0.05) is 23.7 Å². The summed E-state index contributed by atoms with van der Waals surface area (Å²) in [7, 11) is -2.37. The normalized spacial score (nSPS) is 18.5. The van der Waals surface area contributed by atoms with Crippen LogP contribution >= 0.6 is 18.7 Å². The van der Waals surface area contributed by atoms with Gasteiger partial charge in [-0.05, 0) is 82.1 Å². The average molecular weight is 597 g/mol. The molecule has 2 aliphatic heterocycles. The van der Waals surface area contributed by atoms with E-state index in [4.69, 9.17) is 31.0 Å². The first kappa shape index (κ1) is 28.4. The third-order valence-electron chi connectivity index (χ3n) is 8.12. The Kier molecular flexibility index (Phi) is 8.19. The van der Waals surface area contributed by atoms with E-state index in [1.165, 1.54) is 6.07 Å². The van der Waals surface area contributed by atoms with Gasteiger partial charge in [-0.2, -0.15) is 0 Å². The fourth-order valence-corrected chi connectivity index (χ4v) is 6.60. The summed E-state index contributed by atoms with van der Waals surface area (Å²) in [6, 6.07) is 16.4. The molecule has 0 N–H and O–H groups in total. The summed E-state index contributed by atoms with van der Waals surface area (Å²) in [5.41, 5.74) is 3.42. The van der Waals surface area contributed by atoms with E-state index >= 15 is 0 Å². The molecule has 2 aliphatic rings. The molecule has 1 atom stereocenters. The minimum atomic E-state index is -2.37. The van der Waals surface area contributed by atoms with Crippen LogP contribution in [0.4, 0.5) is 4.39 Å². The lowest BCUT2D eigenvalue weighted by Gasteiger charge is -2.32. The number of fused-ring (bicyclic) bond motifs is 1. The maximum Gasteiger partial charge on any atom is 0.213 e. The molecule has 4 aromatic rings. The van der Waals surface area contributed by atoms with Crippen LogP contribution in [0.1, 0.15) is 42.3 Å². The van der Waals surface area contributed by atoms with Gasteiger partial charge in [-0.15, -0.1) is 0 Å². The Morgan fingerprint density at radius 2 is 1.88 bits per heavy atom. The Morgan fingerprint density at radius 3 is 2.59 bits per heavy atom. The highest BCUT2D eigenvalue weighted by atomic mass is 35.5. The second-order valence-electron chi connectivity index (χ2n) is 11.4. The molecule has 0 aliphatic carbocycles. The van der Waals surface area contributed by atoms with Crippen LogP contribution < -0.4 is 10.0 Å². The van der Waals surface area contributed by atoms with Crippen molar-refractivity contribution in [2.24, 2.45) is 0 Å². The van der Waals surface area contributed by atoms with Gasteiger partial charge in [0.2, 0.25) is 5.88 Å². The Hall–Kier alpha value is -2.77. The minimum Gasteiger partial charge on any atom is -0.473 e. The zero-order chi connectivity index (χ0) is 28.6. The number of hydrogen-bond donors (Lipinski definition) is 0. The molecule has 0 unspecified atom stereocenters. The molecule has 7 nitrogen and oxygen atoms in total. The molecule has 216 valence electrons. The molecule has 0 spiro atoms. The minimum absolute atomic E-state index is 0.0976. The lowest BCUT2D eigenvalue weighted by Crippen LogP contribution is -2.35. The van der Waals surface area contributed by atoms with E-state index in [1.807, 2.05) is 30.3 Å². The van der Waals surface area contributed by atoms with Crippen molar-refractivity contribution in [2.45, 2.75) is 51.0 Å². The molecule has 2 aromatic carbocycles. The Labute approximate surface area is 245 Å². The number of pyridine rings is 1. The number of rotatable bonds is 9. The molecule has 2 aromatic heterocycles. The lowest BCUT2D eigenvalue weighted by molar-refractivity contribution is -0.0592.